The molecule has 0 spiro atoms. The lowest BCUT2D eigenvalue weighted by molar-refractivity contribution is 0.174. The van der Waals surface area contributed by atoms with Crippen molar-refractivity contribution in [1.29, 1.82) is 0 Å². The molecule has 1 aliphatic carbocycles. The van der Waals surface area contributed by atoms with E-state index in [4.69, 9.17) is 22.8 Å². The van der Waals surface area contributed by atoms with Crippen molar-refractivity contribution in [2.45, 2.75) is 25.2 Å². The van der Waals surface area contributed by atoms with Gasteiger partial charge in [-0.25, -0.2) is 0 Å². The van der Waals surface area contributed by atoms with Crippen molar-refractivity contribution in [2.24, 2.45) is 0 Å². The third kappa shape index (κ3) is 3.59. The van der Waals surface area contributed by atoms with Crippen LogP contribution in [0, 0.1) is 0 Å². The van der Waals surface area contributed by atoms with E-state index >= 15 is 0 Å². The van der Waals surface area contributed by atoms with Gasteiger partial charge in [0.2, 0.25) is 6.79 Å². The first kappa shape index (κ1) is 20.1. The van der Waals surface area contributed by atoms with Crippen LogP contribution in [-0.4, -0.2) is 20.5 Å². The first-order valence-electron chi connectivity index (χ1n) is 10.3. The summed E-state index contributed by atoms with van der Waals surface area (Å²) in [5, 5.41) is 0. The number of fused-ring (bicyclic) bond motifs is 2. The highest BCUT2D eigenvalue weighted by Gasteiger charge is 2.35. The molecule has 160 valence electrons. The molecule has 1 aliphatic heterocycles. The van der Waals surface area contributed by atoms with E-state index in [1.54, 1.807) is 7.11 Å². The van der Waals surface area contributed by atoms with Gasteiger partial charge in [-0.3, -0.25) is 0 Å². The Morgan fingerprint density at radius 1 is 0.871 bits per heavy atom. The van der Waals surface area contributed by atoms with Crippen LogP contribution in [0.4, 0.5) is 0 Å². The average molecular weight is 483 g/mol. The van der Waals surface area contributed by atoms with E-state index in [1.807, 2.05) is 31.2 Å². The lowest BCUT2D eigenvalue weighted by Gasteiger charge is -2.18. The molecule has 0 N–H and O–H groups in total. The molecule has 5 rings (SSSR count). The molecule has 3 aromatic rings. The first-order valence-corrected chi connectivity index (χ1v) is 11.0. The molecule has 0 fully saturated rings. The minimum Gasteiger partial charge on any atom is -0.497 e. The molecular formula is C25H23BrO5. The van der Waals surface area contributed by atoms with Crippen LogP contribution in [0.15, 0.2) is 54.6 Å². The van der Waals surface area contributed by atoms with Crippen molar-refractivity contribution in [2.75, 3.05) is 20.5 Å². The minimum absolute atomic E-state index is 0.167. The number of hydrogen-bond donors (Lipinski definition) is 0. The number of benzene rings is 3. The lowest BCUT2D eigenvalue weighted by atomic mass is 9.90. The quantitative estimate of drug-likeness (QED) is 0.419. The molecule has 0 saturated heterocycles. The number of methoxy groups -OCH3 is 1. The summed E-state index contributed by atoms with van der Waals surface area (Å²) in [4.78, 5) is 0. The van der Waals surface area contributed by atoms with Gasteiger partial charge in [0.15, 0.2) is 27.8 Å². The fourth-order valence-corrected chi connectivity index (χ4v) is 4.86. The van der Waals surface area contributed by atoms with Gasteiger partial charge in [-0.15, -0.1) is 0 Å². The topological polar surface area (TPSA) is 46.2 Å². The summed E-state index contributed by atoms with van der Waals surface area (Å²) in [6.07, 6.45) is 0.924. The van der Waals surface area contributed by atoms with E-state index in [0.717, 1.165) is 40.7 Å². The van der Waals surface area contributed by atoms with Crippen LogP contribution in [0.5, 0.6) is 28.7 Å². The van der Waals surface area contributed by atoms with E-state index in [0.29, 0.717) is 6.61 Å². The third-order valence-corrected chi connectivity index (χ3v) is 6.44. The van der Waals surface area contributed by atoms with Crippen molar-refractivity contribution in [3.8, 4) is 28.7 Å². The van der Waals surface area contributed by atoms with Gasteiger partial charge in [0.1, 0.15) is 17.2 Å². The highest BCUT2D eigenvalue weighted by atomic mass is 79.9. The van der Waals surface area contributed by atoms with E-state index in [1.165, 1.54) is 16.7 Å². The third-order valence-electron chi connectivity index (χ3n) is 6.06. The number of ether oxygens (including phenoxy) is 4. The van der Waals surface area contributed by atoms with Gasteiger partial charge in [0, 0.05) is 23.5 Å². The zero-order valence-corrected chi connectivity index (χ0v) is 19.0. The van der Waals surface area contributed by atoms with Gasteiger partial charge in [0.25, 0.3) is 0 Å². The second-order valence-corrected chi connectivity index (χ2v) is 7.98. The molecule has 0 radical (unpaired) electrons. The van der Waals surface area contributed by atoms with Gasteiger partial charge in [-0.1, -0.05) is 18.2 Å². The molecule has 0 bridgehead atoms. The first-order chi connectivity index (χ1) is 15.2. The van der Waals surface area contributed by atoms with Gasteiger partial charge in [0.05, 0.1) is 13.7 Å². The molecule has 31 heavy (non-hydrogen) atoms. The minimum atomic E-state index is 0.167. The standard InChI is InChI=1S/C25H23BrO5/c1-3-28-24-12-16(27-2)5-8-19(24)22-13-20(18-7-6-17(31-26)11-21(18)22)15-4-9-23-25(10-15)30-14-29-23/h4-12,20,22H,3,13-14H2,1-2H3. The summed E-state index contributed by atoms with van der Waals surface area (Å²) in [5.74, 6) is 4.43. The molecule has 3 aromatic carbocycles. The van der Waals surface area contributed by atoms with Crippen LogP contribution in [-0.2, 0) is 0 Å². The zero-order chi connectivity index (χ0) is 21.4. The normalized spacial score (nSPS) is 18.5. The highest BCUT2D eigenvalue weighted by molar-refractivity contribution is 9.06. The average Bonchev–Trinajstić information content (AvgIpc) is 3.43. The zero-order valence-electron chi connectivity index (χ0n) is 17.4. The smallest absolute Gasteiger partial charge is 0.231 e. The fraction of sp³-hybridized carbons (Fsp3) is 0.280. The molecule has 0 aromatic heterocycles. The van der Waals surface area contributed by atoms with Crippen LogP contribution >= 0.6 is 16.3 Å². The van der Waals surface area contributed by atoms with E-state index in [9.17, 15) is 0 Å². The van der Waals surface area contributed by atoms with Crippen molar-refractivity contribution >= 4 is 16.3 Å². The van der Waals surface area contributed by atoms with Crippen LogP contribution in [0.1, 0.15) is 47.4 Å². The van der Waals surface area contributed by atoms with E-state index < -0.39 is 0 Å². The summed E-state index contributed by atoms with van der Waals surface area (Å²) < 4.78 is 27.9. The molecule has 2 aliphatic rings. The Morgan fingerprint density at radius 2 is 1.68 bits per heavy atom. The van der Waals surface area contributed by atoms with E-state index in [2.05, 4.69) is 46.6 Å². The van der Waals surface area contributed by atoms with Gasteiger partial charge in [-0.2, -0.15) is 0 Å². The Labute approximate surface area is 190 Å². The van der Waals surface area contributed by atoms with Gasteiger partial charge < -0.3 is 22.8 Å². The SMILES string of the molecule is CCOc1cc(OC)ccc1C1CC(c2ccc3c(c2)OCO3)c2ccc(OBr)cc21. The van der Waals surface area contributed by atoms with Crippen LogP contribution in [0.3, 0.4) is 0 Å². The van der Waals surface area contributed by atoms with Crippen molar-refractivity contribution in [1.82, 2.24) is 0 Å². The van der Waals surface area contributed by atoms with E-state index in [-0.39, 0.29) is 18.6 Å². The Morgan fingerprint density at radius 3 is 2.48 bits per heavy atom. The summed E-state index contributed by atoms with van der Waals surface area (Å²) in [5.41, 5.74) is 4.90. The lowest BCUT2D eigenvalue weighted by Crippen LogP contribution is -2.03. The maximum absolute atomic E-state index is 6.01. The summed E-state index contributed by atoms with van der Waals surface area (Å²) >= 11 is 3.12. The van der Waals surface area contributed by atoms with Crippen molar-refractivity contribution in [3.05, 3.63) is 76.9 Å². The molecule has 0 saturated carbocycles. The van der Waals surface area contributed by atoms with Gasteiger partial charge >= 0.3 is 0 Å². The Hall–Kier alpha value is -2.86. The van der Waals surface area contributed by atoms with Crippen molar-refractivity contribution in [3.63, 3.8) is 0 Å². The predicted molar refractivity (Wildman–Crippen MR) is 121 cm³/mol. The Kier molecular flexibility index (Phi) is 5.40. The Bertz CT molecular complexity index is 1110. The number of rotatable bonds is 6. The molecule has 2 unspecified atom stereocenters. The Balaban J connectivity index is 1.60. The highest BCUT2D eigenvalue weighted by Crippen LogP contribution is 2.52. The molecule has 2 atom stereocenters. The maximum atomic E-state index is 6.01. The number of halogens is 1. The van der Waals surface area contributed by atoms with Crippen molar-refractivity contribution < 1.29 is 22.8 Å². The second-order valence-electron chi connectivity index (χ2n) is 7.66. The summed E-state index contributed by atoms with van der Waals surface area (Å²) in [6, 6.07) is 18.6. The maximum Gasteiger partial charge on any atom is 0.231 e. The second kappa shape index (κ2) is 8.35. The number of hydrogen-bond acceptors (Lipinski definition) is 5. The largest absolute Gasteiger partial charge is 0.497 e. The van der Waals surface area contributed by atoms with Gasteiger partial charge in [-0.05, 0) is 60.4 Å². The molecule has 1 heterocycles. The van der Waals surface area contributed by atoms with Crippen LogP contribution < -0.4 is 22.8 Å². The monoisotopic (exact) mass is 482 g/mol. The fourth-order valence-electron chi connectivity index (χ4n) is 4.66. The molecule has 6 heteroatoms. The van der Waals surface area contributed by atoms with Crippen LogP contribution in [0.25, 0.3) is 0 Å². The summed E-state index contributed by atoms with van der Waals surface area (Å²) in [7, 11) is 1.67. The molecular weight excluding hydrogens is 460 g/mol. The van der Waals surface area contributed by atoms with Crippen LogP contribution in [0.2, 0.25) is 0 Å². The molecule has 0 amide bonds. The summed E-state index contributed by atoms with van der Waals surface area (Å²) in [6.45, 7) is 2.87. The molecule has 5 nitrogen and oxygen atoms in total. The predicted octanol–water partition coefficient (Wildman–Crippen LogP) is 6.18.